The van der Waals surface area contributed by atoms with Gasteiger partial charge in [0.1, 0.15) is 0 Å². The van der Waals surface area contributed by atoms with Crippen LogP contribution in [0.3, 0.4) is 0 Å². The van der Waals surface area contributed by atoms with Crippen molar-refractivity contribution < 1.29 is 8.42 Å². The van der Waals surface area contributed by atoms with Crippen LogP contribution in [-0.4, -0.2) is 36.4 Å². The Morgan fingerprint density at radius 1 is 1.58 bits per heavy atom. The second-order valence-electron chi connectivity index (χ2n) is 2.96. The third-order valence-electron chi connectivity index (χ3n) is 2.22. The third kappa shape index (κ3) is 2.00. The van der Waals surface area contributed by atoms with Crippen molar-refractivity contribution in [2.75, 3.05) is 17.6 Å². The average Bonchev–Trinajstić information content (AvgIpc) is 2.52. The molecule has 1 rings (SSSR count). The Morgan fingerprint density at radius 2 is 2.25 bits per heavy atom. The number of alkyl halides is 1. The molecule has 3 nitrogen and oxygen atoms in total. The Hall–Kier alpha value is 0.390. The molecule has 0 aromatic rings. The summed E-state index contributed by atoms with van der Waals surface area (Å²) in [5, 5.41) is 0.756. The molecule has 1 heterocycles. The molecule has 1 fully saturated rings. The number of hydrogen-bond acceptors (Lipinski definition) is 2. The summed E-state index contributed by atoms with van der Waals surface area (Å²) in [5.41, 5.74) is 0. The summed E-state index contributed by atoms with van der Waals surface area (Å²) in [6.45, 7) is 2.39. The summed E-state index contributed by atoms with van der Waals surface area (Å²) in [4.78, 5) is 0. The maximum absolute atomic E-state index is 11.5. The van der Waals surface area contributed by atoms with Gasteiger partial charge in [0.05, 0.1) is 5.75 Å². The maximum atomic E-state index is 11.5. The minimum absolute atomic E-state index is 0.190. The van der Waals surface area contributed by atoms with E-state index >= 15 is 0 Å². The number of sulfonamides is 1. The zero-order valence-electron chi connectivity index (χ0n) is 7.16. The summed E-state index contributed by atoms with van der Waals surface area (Å²) in [6.07, 6.45) is 1.99. The Morgan fingerprint density at radius 3 is 2.75 bits per heavy atom. The minimum Gasteiger partial charge on any atom is -0.212 e. The largest absolute Gasteiger partial charge is 0.214 e. The molecule has 0 aromatic heterocycles. The normalized spacial score (nSPS) is 26.3. The molecule has 72 valence electrons. The van der Waals surface area contributed by atoms with E-state index in [-0.39, 0.29) is 11.8 Å². The number of halogens is 1. The molecular formula is C7H14BrNO2S. The van der Waals surface area contributed by atoms with Crippen LogP contribution in [0, 0.1) is 0 Å². The molecule has 0 saturated carbocycles. The summed E-state index contributed by atoms with van der Waals surface area (Å²) < 4.78 is 24.6. The van der Waals surface area contributed by atoms with Crippen molar-refractivity contribution in [2.24, 2.45) is 0 Å². The standard InChI is InChI=1S/C7H14BrNO2S/c1-2-12(10,11)9-5-3-4-7(9)6-8/h7H,2-6H2,1H3/t7-/m0/s1. The van der Waals surface area contributed by atoms with Gasteiger partial charge in [0.15, 0.2) is 0 Å². The molecular weight excluding hydrogens is 242 g/mol. The van der Waals surface area contributed by atoms with Gasteiger partial charge in [0, 0.05) is 17.9 Å². The molecule has 0 radical (unpaired) electrons. The zero-order valence-corrected chi connectivity index (χ0v) is 9.57. The lowest BCUT2D eigenvalue weighted by Gasteiger charge is -2.21. The molecule has 0 amide bonds. The summed E-state index contributed by atoms with van der Waals surface area (Å²) in [5.74, 6) is 0.219. The molecule has 0 unspecified atom stereocenters. The first kappa shape index (κ1) is 10.5. The highest BCUT2D eigenvalue weighted by molar-refractivity contribution is 9.09. The van der Waals surface area contributed by atoms with E-state index in [1.807, 2.05) is 0 Å². The first-order valence-electron chi connectivity index (χ1n) is 4.17. The highest BCUT2D eigenvalue weighted by Gasteiger charge is 2.31. The lowest BCUT2D eigenvalue weighted by Crippen LogP contribution is -2.37. The van der Waals surface area contributed by atoms with Crippen LogP contribution in [-0.2, 0) is 10.0 Å². The van der Waals surface area contributed by atoms with Crippen molar-refractivity contribution in [1.82, 2.24) is 4.31 Å². The van der Waals surface area contributed by atoms with Crippen LogP contribution in [0.5, 0.6) is 0 Å². The Labute approximate surface area is 82.3 Å². The molecule has 0 bridgehead atoms. The predicted octanol–water partition coefficient (Wildman–Crippen LogP) is 1.20. The summed E-state index contributed by atoms with van der Waals surface area (Å²) in [7, 11) is -2.96. The Bertz CT molecular complexity index is 240. The van der Waals surface area contributed by atoms with E-state index in [0.29, 0.717) is 6.54 Å². The predicted molar refractivity (Wildman–Crippen MR) is 53.0 cm³/mol. The van der Waals surface area contributed by atoms with E-state index in [9.17, 15) is 8.42 Å². The molecule has 0 N–H and O–H groups in total. The van der Waals surface area contributed by atoms with Crippen LogP contribution in [0.2, 0.25) is 0 Å². The molecule has 12 heavy (non-hydrogen) atoms. The molecule has 0 spiro atoms. The highest BCUT2D eigenvalue weighted by Crippen LogP contribution is 2.22. The van der Waals surface area contributed by atoms with Crippen molar-refractivity contribution in [2.45, 2.75) is 25.8 Å². The van der Waals surface area contributed by atoms with Gasteiger partial charge in [-0.3, -0.25) is 0 Å². The second-order valence-corrected chi connectivity index (χ2v) is 5.82. The number of rotatable bonds is 3. The molecule has 5 heteroatoms. The van der Waals surface area contributed by atoms with E-state index in [1.165, 1.54) is 0 Å². The molecule has 1 aliphatic heterocycles. The zero-order chi connectivity index (χ0) is 9.19. The first-order valence-corrected chi connectivity index (χ1v) is 6.90. The molecule has 1 aliphatic rings. The van der Waals surface area contributed by atoms with Gasteiger partial charge in [0.25, 0.3) is 0 Å². The van der Waals surface area contributed by atoms with E-state index in [0.717, 1.165) is 18.2 Å². The van der Waals surface area contributed by atoms with Gasteiger partial charge in [-0.25, -0.2) is 8.42 Å². The molecule has 0 aliphatic carbocycles. The fourth-order valence-electron chi connectivity index (χ4n) is 1.50. The smallest absolute Gasteiger partial charge is 0.212 e. The van der Waals surface area contributed by atoms with Gasteiger partial charge in [0.2, 0.25) is 10.0 Å². The van der Waals surface area contributed by atoms with Crippen molar-refractivity contribution in [1.29, 1.82) is 0 Å². The monoisotopic (exact) mass is 255 g/mol. The van der Waals surface area contributed by atoms with Gasteiger partial charge < -0.3 is 0 Å². The van der Waals surface area contributed by atoms with Crippen LogP contribution >= 0.6 is 15.9 Å². The fraction of sp³-hybridized carbons (Fsp3) is 1.00. The second kappa shape index (κ2) is 4.07. The van der Waals surface area contributed by atoms with Crippen molar-refractivity contribution in [3.8, 4) is 0 Å². The van der Waals surface area contributed by atoms with Crippen LogP contribution < -0.4 is 0 Å². The summed E-state index contributed by atoms with van der Waals surface area (Å²) >= 11 is 3.33. The van der Waals surface area contributed by atoms with Gasteiger partial charge >= 0.3 is 0 Å². The number of nitrogens with zero attached hydrogens (tertiary/aromatic N) is 1. The van der Waals surface area contributed by atoms with Crippen molar-refractivity contribution in [3.63, 3.8) is 0 Å². The highest BCUT2D eigenvalue weighted by atomic mass is 79.9. The number of hydrogen-bond donors (Lipinski definition) is 0. The fourth-order valence-corrected chi connectivity index (χ4v) is 3.73. The quantitative estimate of drug-likeness (QED) is 0.711. The van der Waals surface area contributed by atoms with Gasteiger partial charge in [-0.1, -0.05) is 15.9 Å². The Balaban J connectivity index is 2.74. The lowest BCUT2D eigenvalue weighted by molar-refractivity contribution is 0.414. The molecule has 1 atom stereocenters. The van der Waals surface area contributed by atoms with Gasteiger partial charge in [-0.05, 0) is 19.8 Å². The topological polar surface area (TPSA) is 37.4 Å². The first-order chi connectivity index (χ1) is 5.61. The van der Waals surface area contributed by atoms with Gasteiger partial charge in [-0.2, -0.15) is 4.31 Å². The van der Waals surface area contributed by atoms with E-state index in [1.54, 1.807) is 11.2 Å². The van der Waals surface area contributed by atoms with Crippen LogP contribution in [0.25, 0.3) is 0 Å². The maximum Gasteiger partial charge on any atom is 0.214 e. The molecule has 0 aromatic carbocycles. The summed E-state index contributed by atoms with van der Waals surface area (Å²) in [6, 6.07) is 0.190. The van der Waals surface area contributed by atoms with E-state index in [4.69, 9.17) is 0 Å². The SMILES string of the molecule is CCS(=O)(=O)N1CCC[C@H]1CBr. The Kier molecular flexibility index (Phi) is 3.55. The average molecular weight is 256 g/mol. The van der Waals surface area contributed by atoms with Crippen LogP contribution in [0.15, 0.2) is 0 Å². The van der Waals surface area contributed by atoms with E-state index in [2.05, 4.69) is 15.9 Å². The lowest BCUT2D eigenvalue weighted by atomic mass is 10.3. The van der Waals surface area contributed by atoms with Crippen LogP contribution in [0.1, 0.15) is 19.8 Å². The van der Waals surface area contributed by atoms with Crippen LogP contribution in [0.4, 0.5) is 0 Å². The minimum atomic E-state index is -2.96. The van der Waals surface area contributed by atoms with Crippen molar-refractivity contribution >= 4 is 26.0 Å². The third-order valence-corrected chi connectivity index (χ3v) is 4.90. The molecule has 1 saturated heterocycles. The van der Waals surface area contributed by atoms with Gasteiger partial charge in [-0.15, -0.1) is 0 Å². The van der Waals surface area contributed by atoms with Crippen molar-refractivity contribution in [3.05, 3.63) is 0 Å². The van der Waals surface area contributed by atoms with E-state index < -0.39 is 10.0 Å².